The standard InChI is InChI=1S/C17H26N4O5S/c1-2-20(11-16(22)23)13-7-12(8-13)19-27(25,26)14-9-15(18-10-14)17(24)21-5-3-4-6-21/h9-10,12-13,18-19H,2-8,11H2,1H3,(H,22,23). The quantitative estimate of drug-likeness (QED) is 0.585. The fourth-order valence-electron chi connectivity index (χ4n) is 3.69. The fraction of sp³-hybridized carbons (Fsp3) is 0.647. The number of amides is 1. The first-order chi connectivity index (χ1) is 12.8. The SMILES string of the molecule is CCN(CC(=O)O)C1CC(NS(=O)(=O)c2c[nH]c(C(=O)N3CCCC3)c2)C1. The van der Waals surface area contributed by atoms with E-state index in [1.807, 2.05) is 11.8 Å². The second kappa shape index (κ2) is 7.99. The van der Waals surface area contributed by atoms with Crippen LogP contribution in [0.4, 0.5) is 0 Å². The number of likely N-dealkylation sites (tertiary alicyclic amines) is 1. The zero-order valence-corrected chi connectivity index (χ0v) is 16.2. The van der Waals surface area contributed by atoms with Gasteiger partial charge in [0.1, 0.15) is 10.6 Å². The highest BCUT2D eigenvalue weighted by Crippen LogP contribution is 2.27. The van der Waals surface area contributed by atoms with Crippen LogP contribution < -0.4 is 4.72 Å². The third-order valence-electron chi connectivity index (χ3n) is 5.29. The van der Waals surface area contributed by atoms with Crippen LogP contribution in [-0.4, -0.2) is 78.4 Å². The van der Waals surface area contributed by atoms with E-state index in [1.54, 1.807) is 4.90 Å². The van der Waals surface area contributed by atoms with Crippen molar-refractivity contribution in [1.29, 1.82) is 0 Å². The van der Waals surface area contributed by atoms with Gasteiger partial charge in [0.2, 0.25) is 10.0 Å². The summed E-state index contributed by atoms with van der Waals surface area (Å²) in [4.78, 5) is 29.6. The number of aromatic amines is 1. The van der Waals surface area contributed by atoms with E-state index in [4.69, 9.17) is 5.11 Å². The molecule has 3 N–H and O–H groups in total. The van der Waals surface area contributed by atoms with Gasteiger partial charge in [-0.15, -0.1) is 0 Å². The molecule has 10 heteroatoms. The summed E-state index contributed by atoms with van der Waals surface area (Å²) < 4.78 is 27.8. The predicted molar refractivity (Wildman–Crippen MR) is 97.9 cm³/mol. The van der Waals surface area contributed by atoms with Crippen molar-refractivity contribution in [2.75, 3.05) is 26.2 Å². The van der Waals surface area contributed by atoms with Gasteiger partial charge in [-0.1, -0.05) is 6.92 Å². The lowest BCUT2D eigenvalue weighted by atomic mass is 9.86. The van der Waals surface area contributed by atoms with Crippen LogP contribution in [-0.2, 0) is 14.8 Å². The highest BCUT2D eigenvalue weighted by atomic mass is 32.2. The minimum atomic E-state index is -3.72. The Morgan fingerprint density at radius 2 is 2.00 bits per heavy atom. The summed E-state index contributed by atoms with van der Waals surface area (Å²) in [6.45, 7) is 3.85. The average Bonchev–Trinajstić information content (AvgIpc) is 3.27. The normalized spacial score (nSPS) is 22.8. The maximum Gasteiger partial charge on any atom is 0.317 e. The van der Waals surface area contributed by atoms with Gasteiger partial charge < -0.3 is 15.0 Å². The summed E-state index contributed by atoms with van der Waals surface area (Å²) in [5.74, 6) is -1.06. The Labute approximate surface area is 158 Å². The Hall–Kier alpha value is -1.91. The van der Waals surface area contributed by atoms with Crippen molar-refractivity contribution in [3.63, 3.8) is 0 Å². The number of aliphatic carboxylic acids is 1. The van der Waals surface area contributed by atoms with Crippen molar-refractivity contribution >= 4 is 21.9 Å². The lowest BCUT2D eigenvalue weighted by Gasteiger charge is -2.41. The number of carbonyl (C=O) groups excluding carboxylic acids is 1. The zero-order chi connectivity index (χ0) is 19.6. The molecule has 0 unspecified atom stereocenters. The molecule has 0 atom stereocenters. The summed E-state index contributed by atoms with van der Waals surface area (Å²) >= 11 is 0. The van der Waals surface area contributed by atoms with E-state index in [0.29, 0.717) is 32.5 Å². The summed E-state index contributed by atoms with van der Waals surface area (Å²) in [6, 6.07) is 1.22. The van der Waals surface area contributed by atoms with Crippen LogP contribution in [0.15, 0.2) is 17.2 Å². The Morgan fingerprint density at radius 1 is 1.33 bits per heavy atom. The first kappa shape index (κ1) is 19.8. The van der Waals surface area contributed by atoms with E-state index in [-0.39, 0.29) is 35.1 Å². The molecular weight excluding hydrogens is 372 g/mol. The molecule has 1 saturated heterocycles. The van der Waals surface area contributed by atoms with Gasteiger partial charge in [0.05, 0.1) is 6.54 Å². The number of nitrogens with zero attached hydrogens (tertiary/aromatic N) is 2. The molecule has 1 aliphatic heterocycles. The first-order valence-electron chi connectivity index (χ1n) is 9.26. The van der Waals surface area contributed by atoms with Gasteiger partial charge in [-0.25, -0.2) is 13.1 Å². The van der Waals surface area contributed by atoms with Gasteiger partial charge >= 0.3 is 5.97 Å². The molecule has 0 radical (unpaired) electrons. The second-order valence-electron chi connectivity index (χ2n) is 7.15. The third-order valence-corrected chi connectivity index (χ3v) is 6.79. The van der Waals surface area contributed by atoms with Crippen molar-refractivity contribution in [2.45, 2.75) is 49.6 Å². The van der Waals surface area contributed by atoms with Gasteiger partial charge in [-0.3, -0.25) is 14.5 Å². The van der Waals surface area contributed by atoms with Gasteiger partial charge in [0, 0.05) is 31.4 Å². The van der Waals surface area contributed by atoms with E-state index >= 15 is 0 Å². The minimum Gasteiger partial charge on any atom is -0.480 e. The first-order valence-corrected chi connectivity index (χ1v) is 10.7. The number of likely N-dealkylation sites (N-methyl/N-ethyl adjacent to an activating group) is 1. The molecule has 0 aromatic carbocycles. The van der Waals surface area contributed by atoms with E-state index in [0.717, 1.165) is 12.8 Å². The maximum atomic E-state index is 12.6. The lowest BCUT2D eigenvalue weighted by molar-refractivity contribution is -0.139. The van der Waals surface area contributed by atoms with Crippen LogP contribution in [0.3, 0.4) is 0 Å². The Balaban J connectivity index is 1.57. The molecule has 1 aliphatic carbocycles. The van der Waals surface area contributed by atoms with Gasteiger partial charge in [-0.05, 0) is 38.3 Å². The molecule has 1 amide bonds. The molecule has 1 aromatic rings. The molecule has 0 spiro atoms. The van der Waals surface area contributed by atoms with Crippen molar-refractivity contribution in [1.82, 2.24) is 19.5 Å². The molecule has 9 nitrogen and oxygen atoms in total. The molecule has 1 aromatic heterocycles. The molecule has 150 valence electrons. The monoisotopic (exact) mass is 398 g/mol. The molecular formula is C17H26N4O5S. The third kappa shape index (κ3) is 4.50. The number of H-pyrrole nitrogens is 1. The lowest BCUT2D eigenvalue weighted by Crippen LogP contribution is -2.54. The molecule has 0 bridgehead atoms. The maximum absolute atomic E-state index is 12.6. The molecule has 27 heavy (non-hydrogen) atoms. The van der Waals surface area contributed by atoms with Crippen LogP contribution in [0.1, 0.15) is 43.1 Å². The topological polar surface area (TPSA) is 123 Å². The number of carboxylic acid groups (broad SMARTS) is 1. The minimum absolute atomic E-state index is 0.0413. The van der Waals surface area contributed by atoms with Gasteiger partial charge in [-0.2, -0.15) is 0 Å². The van der Waals surface area contributed by atoms with Crippen LogP contribution in [0.2, 0.25) is 0 Å². The largest absolute Gasteiger partial charge is 0.480 e. The number of carbonyl (C=O) groups is 2. The molecule has 1 saturated carbocycles. The van der Waals surface area contributed by atoms with Crippen molar-refractivity contribution < 1.29 is 23.1 Å². The second-order valence-corrected chi connectivity index (χ2v) is 8.86. The van der Waals surface area contributed by atoms with Gasteiger partial charge in [0.15, 0.2) is 0 Å². The number of nitrogens with one attached hydrogen (secondary N) is 2. The van der Waals surface area contributed by atoms with E-state index in [2.05, 4.69) is 9.71 Å². The summed E-state index contributed by atoms with van der Waals surface area (Å²) in [5, 5.41) is 8.92. The summed E-state index contributed by atoms with van der Waals surface area (Å²) in [7, 11) is -3.72. The Kier molecular flexibility index (Phi) is 5.87. The van der Waals surface area contributed by atoms with Gasteiger partial charge in [0.25, 0.3) is 5.91 Å². The van der Waals surface area contributed by atoms with Crippen LogP contribution in [0.5, 0.6) is 0 Å². The van der Waals surface area contributed by atoms with Crippen LogP contribution in [0, 0.1) is 0 Å². The predicted octanol–water partition coefficient (Wildman–Crippen LogP) is 0.467. The molecule has 3 rings (SSSR count). The van der Waals surface area contributed by atoms with Crippen molar-refractivity contribution in [3.05, 3.63) is 18.0 Å². The smallest absolute Gasteiger partial charge is 0.317 e. The summed E-state index contributed by atoms with van der Waals surface area (Å²) in [5.41, 5.74) is 0.280. The molecule has 2 heterocycles. The fourth-order valence-corrected chi connectivity index (χ4v) is 4.94. The van der Waals surface area contributed by atoms with E-state index < -0.39 is 16.0 Å². The zero-order valence-electron chi connectivity index (χ0n) is 15.3. The van der Waals surface area contributed by atoms with Crippen molar-refractivity contribution in [3.8, 4) is 0 Å². The summed E-state index contributed by atoms with van der Waals surface area (Å²) in [6.07, 6.45) is 4.43. The number of sulfonamides is 1. The van der Waals surface area contributed by atoms with E-state index in [9.17, 15) is 18.0 Å². The Bertz CT molecular complexity index is 794. The number of hydrogen-bond acceptors (Lipinski definition) is 5. The molecule has 2 fully saturated rings. The van der Waals surface area contributed by atoms with E-state index in [1.165, 1.54) is 12.3 Å². The number of aromatic nitrogens is 1. The molecule has 2 aliphatic rings. The highest BCUT2D eigenvalue weighted by Gasteiger charge is 2.36. The van der Waals surface area contributed by atoms with Crippen molar-refractivity contribution in [2.24, 2.45) is 0 Å². The number of carboxylic acids is 1. The Morgan fingerprint density at radius 3 is 2.59 bits per heavy atom. The van der Waals surface area contributed by atoms with Crippen LogP contribution >= 0.6 is 0 Å². The average molecular weight is 398 g/mol. The number of hydrogen-bond donors (Lipinski definition) is 3. The highest BCUT2D eigenvalue weighted by molar-refractivity contribution is 7.89. The van der Waals surface area contributed by atoms with Crippen LogP contribution in [0.25, 0.3) is 0 Å². The number of rotatable bonds is 8.